The molecule has 0 aliphatic heterocycles. The maximum atomic E-state index is 5.41. The zero-order valence-corrected chi connectivity index (χ0v) is 34.1. The van der Waals surface area contributed by atoms with Gasteiger partial charge in [0, 0.05) is 66.1 Å². The molecule has 0 saturated carbocycles. The summed E-state index contributed by atoms with van der Waals surface area (Å²) in [5.41, 5.74) is 15.1. The van der Waals surface area contributed by atoms with E-state index in [1.807, 2.05) is 24.3 Å². The molecule has 0 fully saturated rings. The Morgan fingerprint density at radius 3 is 1.52 bits per heavy atom. The van der Waals surface area contributed by atoms with Crippen LogP contribution >= 0.6 is 0 Å². The van der Waals surface area contributed by atoms with E-state index in [2.05, 4.69) is 214 Å². The Labute approximate surface area is 363 Å². The molecule has 9 aromatic carbocycles. The number of hydrogen-bond acceptors (Lipinski definition) is 2. The predicted molar refractivity (Wildman–Crippen MR) is 261 cm³/mol. The Kier molecular flexibility index (Phi) is 7.84. The van der Waals surface area contributed by atoms with E-state index < -0.39 is 0 Å². The molecule has 4 aromatic heterocycles. The second-order valence-corrected chi connectivity index (χ2v) is 16.2. The van der Waals surface area contributed by atoms with Crippen LogP contribution < -0.4 is 0 Å². The van der Waals surface area contributed by atoms with Gasteiger partial charge in [0.15, 0.2) is 5.82 Å². The van der Waals surface area contributed by atoms with Crippen LogP contribution in [0.5, 0.6) is 0 Å². The largest absolute Gasteiger partial charge is 0.309 e. The molecule has 5 nitrogen and oxygen atoms in total. The van der Waals surface area contributed by atoms with Crippen molar-refractivity contribution in [2.75, 3.05) is 0 Å². The highest BCUT2D eigenvalue weighted by Gasteiger charge is 2.24. The molecule has 0 aliphatic rings. The molecule has 4 heterocycles. The molecular formula is C58H37N5. The lowest BCUT2D eigenvalue weighted by Gasteiger charge is -2.14. The second kappa shape index (κ2) is 14.0. The van der Waals surface area contributed by atoms with Crippen molar-refractivity contribution in [2.24, 2.45) is 0 Å². The summed E-state index contributed by atoms with van der Waals surface area (Å²) in [6, 6.07) is 80.2. The standard InChI is InChI=1S/C58H37N5/c1-5-18-38(19-6-1)49-37-50(60-58(59-49)39-20-7-2-8-21-39)46-29-17-28-44-45-33-35-54-55(47-27-14-16-31-52(47)62(54)41-24-11-4-12-25-41)57(45)63(56(44)46)42-32-34-53-48(36-42)43-26-13-15-30-51(43)61(53)40-22-9-3-10-23-40/h1-37H. The van der Waals surface area contributed by atoms with Crippen molar-refractivity contribution in [3.8, 4) is 51.0 Å². The fourth-order valence-corrected chi connectivity index (χ4v) is 9.94. The summed E-state index contributed by atoms with van der Waals surface area (Å²) < 4.78 is 7.31. The summed E-state index contributed by atoms with van der Waals surface area (Å²) in [7, 11) is 0. The van der Waals surface area contributed by atoms with Crippen LogP contribution in [0.3, 0.4) is 0 Å². The fraction of sp³-hybridized carbons (Fsp3) is 0. The van der Waals surface area contributed by atoms with Gasteiger partial charge in [-0.2, -0.15) is 0 Å². The highest BCUT2D eigenvalue weighted by atomic mass is 15.0. The first kappa shape index (κ1) is 35.2. The molecule has 0 unspecified atom stereocenters. The van der Waals surface area contributed by atoms with Gasteiger partial charge in [-0.05, 0) is 66.7 Å². The molecule has 0 aliphatic carbocycles. The van der Waals surface area contributed by atoms with Crippen LogP contribution in [0.1, 0.15) is 0 Å². The highest BCUT2D eigenvalue weighted by molar-refractivity contribution is 6.27. The van der Waals surface area contributed by atoms with Crippen LogP contribution in [0.4, 0.5) is 0 Å². The lowest BCUT2D eigenvalue weighted by molar-refractivity contribution is 1.16. The van der Waals surface area contributed by atoms with Crippen LogP contribution in [0.2, 0.25) is 0 Å². The van der Waals surface area contributed by atoms with E-state index in [0.717, 1.165) is 72.6 Å². The highest BCUT2D eigenvalue weighted by Crippen LogP contribution is 2.45. The molecule has 0 bridgehead atoms. The van der Waals surface area contributed by atoms with Crippen molar-refractivity contribution in [1.29, 1.82) is 0 Å². The average Bonchev–Trinajstić information content (AvgIpc) is 4.00. The Morgan fingerprint density at radius 1 is 0.286 bits per heavy atom. The number of rotatable bonds is 6. The van der Waals surface area contributed by atoms with Crippen LogP contribution in [-0.4, -0.2) is 23.7 Å². The maximum Gasteiger partial charge on any atom is 0.160 e. The van der Waals surface area contributed by atoms with Gasteiger partial charge in [-0.1, -0.05) is 158 Å². The zero-order chi connectivity index (χ0) is 41.4. The summed E-state index contributed by atoms with van der Waals surface area (Å²) in [5, 5.41) is 7.16. The van der Waals surface area contributed by atoms with Crippen molar-refractivity contribution < 1.29 is 0 Å². The van der Waals surface area contributed by atoms with Crippen molar-refractivity contribution in [2.45, 2.75) is 0 Å². The molecule has 0 atom stereocenters. The molecule has 0 spiro atoms. The molecular weight excluding hydrogens is 767 g/mol. The zero-order valence-electron chi connectivity index (χ0n) is 34.1. The minimum Gasteiger partial charge on any atom is -0.309 e. The van der Waals surface area contributed by atoms with Crippen molar-refractivity contribution in [3.63, 3.8) is 0 Å². The van der Waals surface area contributed by atoms with E-state index in [4.69, 9.17) is 9.97 Å². The molecule has 5 heteroatoms. The average molecular weight is 804 g/mol. The number of benzene rings is 9. The van der Waals surface area contributed by atoms with E-state index >= 15 is 0 Å². The molecule has 13 rings (SSSR count). The van der Waals surface area contributed by atoms with Gasteiger partial charge in [-0.15, -0.1) is 0 Å². The third kappa shape index (κ3) is 5.43. The van der Waals surface area contributed by atoms with Gasteiger partial charge < -0.3 is 13.7 Å². The Hall–Kier alpha value is -8.54. The van der Waals surface area contributed by atoms with Crippen LogP contribution in [0.15, 0.2) is 224 Å². The monoisotopic (exact) mass is 803 g/mol. The first-order chi connectivity index (χ1) is 31.3. The number of hydrogen-bond donors (Lipinski definition) is 0. The lowest BCUT2D eigenvalue weighted by atomic mass is 10.0. The van der Waals surface area contributed by atoms with Gasteiger partial charge in [0.05, 0.1) is 44.5 Å². The fourth-order valence-electron chi connectivity index (χ4n) is 9.94. The minimum atomic E-state index is 0.690. The van der Waals surface area contributed by atoms with Gasteiger partial charge in [0.2, 0.25) is 0 Å². The quantitative estimate of drug-likeness (QED) is 0.168. The Balaban J connectivity index is 1.19. The van der Waals surface area contributed by atoms with Gasteiger partial charge in [0.25, 0.3) is 0 Å². The first-order valence-corrected chi connectivity index (χ1v) is 21.4. The van der Waals surface area contributed by atoms with Crippen LogP contribution in [-0.2, 0) is 0 Å². The van der Waals surface area contributed by atoms with Crippen LogP contribution in [0.25, 0.3) is 116 Å². The third-order valence-electron chi connectivity index (χ3n) is 12.6. The van der Waals surface area contributed by atoms with Crippen molar-refractivity contribution >= 4 is 65.4 Å². The molecule has 0 radical (unpaired) electrons. The van der Waals surface area contributed by atoms with E-state index in [9.17, 15) is 0 Å². The maximum absolute atomic E-state index is 5.41. The molecule has 0 saturated heterocycles. The third-order valence-corrected chi connectivity index (χ3v) is 12.6. The second-order valence-electron chi connectivity index (χ2n) is 16.2. The van der Waals surface area contributed by atoms with E-state index in [0.29, 0.717) is 5.82 Å². The van der Waals surface area contributed by atoms with Crippen molar-refractivity contribution in [1.82, 2.24) is 23.7 Å². The van der Waals surface area contributed by atoms with E-state index in [1.165, 1.54) is 38.0 Å². The van der Waals surface area contributed by atoms with Crippen molar-refractivity contribution in [3.05, 3.63) is 224 Å². The van der Waals surface area contributed by atoms with Gasteiger partial charge in [-0.3, -0.25) is 0 Å². The molecule has 63 heavy (non-hydrogen) atoms. The molecule has 0 amide bonds. The van der Waals surface area contributed by atoms with Gasteiger partial charge in [0.1, 0.15) is 0 Å². The normalized spacial score (nSPS) is 11.8. The smallest absolute Gasteiger partial charge is 0.160 e. The molecule has 0 N–H and O–H groups in total. The van der Waals surface area contributed by atoms with E-state index in [1.54, 1.807) is 0 Å². The number of nitrogens with zero attached hydrogens (tertiary/aromatic N) is 5. The molecule has 13 aromatic rings. The summed E-state index contributed by atoms with van der Waals surface area (Å²) in [4.78, 5) is 10.6. The number of fused-ring (bicyclic) bond motifs is 10. The number of para-hydroxylation sites is 5. The Bertz CT molecular complexity index is 3820. The summed E-state index contributed by atoms with van der Waals surface area (Å²) in [6.45, 7) is 0. The number of aromatic nitrogens is 5. The Morgan fingerprint density at radius 2 is 0.810 bits per heavy atom. The van der Waals surface area contributed by atoms with Gasteiger partial charge >= 0.3 is 0 Å². The summed E-state index contributed by atoms with van der Waals surface area (Å²) in [6.07, 6.45) is 0. The summed E-state index contributed by atoms with van der Waals surface area (Å²) >= 11 is 0. The van der Waals surface area contributed by atoms with Gasteiger partial charge in [-0.25, -0.2) is 9.97 Å². The SMILES string of the molecule is c1ccc(-c2cc(-c3cccc4c5ccc6c(c7ccccc7n6-c6ccccc6)c5n(-c5ccc6c(c5)c5ccccc5n6-c5ccccc5)c34)nc(-c3ccccc3)n2)cc1. The summed E-state index contributed by atoms with van der Waals surface area (Å²) in [5.74, 6) is 0.690. The minimum absolute atomic E-state index is 0.690. The molecule has 294 valence electrons. The first-order valence-electron chi connectivity index (χ1n) is 21.4. The van der Waals surface area contributed by atoms with E-state index in [-0.39, 0.29) is 0 Å². The predicted octanol–water partition coefficient (Wildman–Crippen LogP) is 14.8. The topological polar surface area (TPSA) is 40.6 Å². The lowest BCUT2D eigenvalue weighted by Crippen LogP contribution is -1.99. The van der Waals surface area contributed by atoms with Crippen LogP contribution in [0, 0.1) is 0 Å².